The number of halogens is 3. The summed E-state index contributed by atoms with van der Waals surface area (Å²) in [5, 5.41) is 10.8. The summed E-state index contributed by atoms with van der Waals surface area (Å²) in [4.78, 5) is 12.0. The number of hydrazine groups is 1. The Kier molecular flexibility index (Phi) is 4.61. The molecule has 1 amide bonds. The number of nitrogens with two attached hydrogens (primary N) is 1. The summed E-state index contributed by atoms with van der Waals surface area (Å²) < 4.78 is 0. The van der Waals surface area contributed by atoms with Crippen LogP contribution in [0.4, 0.5) is 11.5 Å². The van der Waals surface area contributed by atoms with Crippen LogP contribution in [0.5, 0.6) is 0 Å². The highest BCUT2D eigenvalue weighted by Gasteiger charge is 2.14. The number of rotatable bonds is 3. The van der Waals surface area contributed by atoms with Gasteiger partial charge in [0.25, 0.3) is 5.91 Å². The second-order valence-corrected chi connectivity index (χ2v) is 4.90. The average Bonchev–Trinajstić information content (AvgIpc) is 2.42. The lowest BCUT2D eigenvalue weighted by atomic mass is 10.3. The van der Waals surface area contributed by atoms with Gasteiger partial charge < -0.3 is 10.7 Å². The van der Waals surface area contributed by atoms with Gasteiger partial charge in [0.15, 0.2) is 11.5 Å². The van der Waals surface area contributed by atoms with Gasteiger partial charge >= 0.3 is 0 Å². The topological polar surface area (TPSA) is 92.9 Å². The van der Waals surface area contributed by atoms with Crippen LogP contribution in [0.25, 0.3) is 0 Å². The number of anilines is 2. The van der Waals surface area contributed by atoms with Gasteiger partial charge in [-0.1, -0.05) is 34.8 Å². The van der Waals surface area contributed by atoms with Crippen molar-refractivity contribution in [2.45, 2.75) is 0 Å². The molecule has 0 saturated carbocycles. The van der Waals surface area contributed by atoms with Crippen LogP contribution in [-0.2, 0) is 0 Å². The number of nitrogens with one attached hydrogen (secondary N) is 2. The molecule has 6 nitrogen and oxygen atoms in total. The lowest BCUT2D eigenvalue weighted by molar-refractivity contribution is 0.102. The van der Waals surface area contributed by atoms with Crippen molar-refractivity contribution >= 4 is 52.2 Å². The third-order valence-corrected chi connectivity index (χ3v) is 3.10. The molecule has 0 spiro atoms. The summed E-state index contributed by atoms with van der Waals surface area (Å²) in [5.41, 5.74) is 2.65. The largest absolute Gasteiger partial charge is 0.318 e. The predicted molar refractivity (Wildman–Crippen MR) is 79.3 cm³/mol. The molecule has 0 fully saturated rings. The second kappa shape index (κ2) is 6.23. The maximum absolute atomic E-state index is 12.0. The first kappa shape index (κ1) is 14.8. The molecular formula is C11H8Cl3N5O. The monoisotopic (exact) mass is 331 g/mol. The van der Waals surface area contributed by atoms with E-state index >= 15 is 0 Å². The number of amides is 1. The smallest absolute Gasteiger partial charge is 0.276 e. The molecule has 0 bridgehead atoms. The second-order valence-electron chi connectivity index (χ2n) is 3.65. The fourth-order valence-electron chi connectivity index (χ4n) is 1.37. The summed E-state index contributed by atoms with van der Waals surface area (Å²) >= 11 is 17.7. The van der Waals surface area contributed by atoms with Crippen molar-refractivity contribution in [2.75, 3.05) is 10.7 Å². The Hall–Kier alpha value is -1.60. The quantitative estimate of drug-likeness (QED) is 0.593. The van der Waals surface area contributed by atoms with Crippen LogP contribution in [0, 0.1) is 0 Å². The molecule has 0 aliphatic rings. The molecule has 2 rings (SSSR count). The number of carbonyl (C=O) groups excluding carboxylic acids is 1. The maximum atomic E-state index is 12.0. The van der Waals surface area contributed by atoms with Gasteiger partial charge in [-0.05, 0) is 24.3 Å². The zero-order valence-electron chi connectivity index (χ0n) is 9.82. The lowest BCUT2D eigenvalue weighted by Gasteiger charge is -2.09. The summed E-state index contributed by atoms with van der Waals surface area (Å²) in [6, 6.07) is 5.90. The fourth-order valence-corrected chi connectivity index (χ4v) is 2.28. The van der Waals surface area contributed by atoms with Crippen molar-refractivity contribution in [3.8, 4) is 0 Å². The number of nitrogen functional groups attached to an aromatic ring is 1. The van der Waals surface area contributed by atoms with Crippen molar-refractivity contribution < 1.29 is 4.79 Å². The molecule has 9 heteroatoms. The van der Waals surface area contributed by atoms with Gasteiger partial charge in [-0.2, -0.15) is 0 Å². The molecule has 1 aromatic carbocycles. The van der Waals surface area contributed by atoms with Gasteiger partial charge in [-0.25, -0.2) is 5.84 Å². The fraction of sp³-hybridized carbons (Fsp3) is 0. The van der Waals surface area contributed by atoms with Crippen molar-refractivity contribution in [1.82, 2.24) is 10.2 Å². The van der Waals surface area contributed by atoms with Gasteiger partial charge in [-0.3, -0.25) is 4.79 Å². The highest BCUT2D eigenvalue weighted by Crippen LogP contribution is 2.33. The van der Waals surface area contributed by atoms with Crippen LogP contribution in [0.1, 0.15) is 10.5 Å². The van der Waals surface area contributed by atoms with E-state index in [1.165, 1.54) is 24.3 Å². The van der Waals surface area contributed by atoms with Crippen LogP contribution in [0.15, 0.2) is 24.3 Å². The van der Waals surface area contributed by atoms with E-state index in [-0.39, 0.29) is 21.4 Å². The Morgan fingerprint density at radius 3 is 2.25 bits per heavy atom. The first-order chi connectivity index (χ1) is 9.51. The Balaban J connectivity index is 2.23. The molecule has 0 saturated heterocycles. The number of nitrogens with zero attached hydrogens (tertiary/aromatic N) is 2. The third-order valence-electron chi connectivity index (χ3n) is 2.29. The number of benzene rings is 1. The van der Waals surface area contributed by atoms with Gasteiger partial charge in [0.2, 0.25) is 0 Å². The molecule has 0 aliphatic heterocycles. The third kappa shape index (κ3) is 3.29. The Morgan fingerprint density at radius 2 is 1.75 bits per heavy atom. The highest BCUT2D eigenvalue weighted by molar-refractivity contribution is 6.42. The van der Waals surface area contributed by atoms with E-state index in [9.17, 15) is 4.79 Å². The first-order valence-corrected chi connectivity index (χ1v) is 6.41. The normalized spacial score (nSPS) is 10.2. The minimum absolute atomic E-state index is 0.0890. The molecule has 4 N–H and O–H groups in total. The van der Waals surface area contributed by atoms with Crippen LogP contribution in [-0.4, -0.2) is 16.1 Å². The molecule has 1 aromatic heterocycles. The molecule has 0 atom stereocenters. The molecule has 0 radical (unpaired) electrons. The van der Waals surface area contributed by atoms with E-state index < -0.39 is 5.91 Å². The molecule has 0 aliphatic carbocycles. The summed E-state index contributed by atoms with van der Waals surface area (Å²) in [7, 11) is 0. The van der Waals surface area contributed by atoms with E-state index in [4.69, 9.17) is 40.6 Å². The zero-order chi connectivity index (χ0) is 14.7. The van der Waals surface area contributed by atoms with Gasteiger partial charge in [-0.15, -0.1) is 10.2 Å². The van der Waals surface area contributed by atoms with Gasteiger partial charge in [0.1, 0.15) is 0 Å². The van der Waals surface area contributed by atoms with Crippen molar-refractivity contribution in [1.29, 1.82) is 0 Å². The summed E-state index contributed by atoms with van der Waals surface area (Å²) in [6.07, 6.45) is 0. The van der Waals surface area contributed by atoms with Crippen LogP contribution >= 0.6 is 34.8 Å². The Bertz CT molecular complexity index is 624. The first-order valence-electron chi connectivity index (χ1n) is 5.27. The zero-order valence-corrected chi connectivity index (χ0v) is 12.1. The van der Waals surface area contributed by atoms with Crippen molar-refractivity contribution in [3.63, 3.8) is 0 Å². The minimum atomic E-state index is -0.507. The molecule has 104 valence electrons. The Labute approximate surface area is 129 Å². The van der Waals surface area contributed by atoms with Crippen molar-refractivity contribution in [2.24, 2.45) is 5.84 Å². The van der Waals surface area contributed by atoms with E-state index in [1.54, 1.807) is 0 Å². The van der Waals surface area contributed by atoms with Gasteiger partial charge in [0, 0.05) is 5.02 Å². The number of aromatic nitrogens is 2. The Morgan fingerprint density at radius 1 is 1.10 bits per heavy atom. The maximum Gasteiger partial charge on any atom is 0.276 e. The van der Waals surface area contributed by atoms with E-state index in [1.807, 2.05) is 0 Å². The molecule has 1 heterocycles. The average molecular weight is 333 g/mol. The number of carbonyl (C=O) groups is 1. The molecular weight excluding hydrogens is 325 g/mol. The lowest BCUT2D eigenvalue weighted by Crippen LogP contribution is -2.16. The SMILES string of the molecule is NNc1ccc(C(=O)Nc2c(Cl)cc(Cl)cc2Cl)nn1. The minimum Gasteiger partial charge on any atom is -0.318 e. The predicted octanol–water partition coefficient (Wildman–Crippen LogP) is 2.97. The molecule has 0 unspecified atom stereocenters. The van der Waals surface area contributed by atoms with Crippen LogP contribution in [0.2, 0.25) is 15.1 Å². The number of hydrogen-bond donors (Lipinski definition) is 3. The molecule has 20 heavy (non-hydrogen) atoms. The van der Waals surface area contributed by atoms with Gasteiger partial charge in [0.05, 0.1) is 15.7 Å². The van der Waals surface area contributed by atoms with Crippen molar-refractivity contribution in [3.05, 3.63) is 45.0 Å². The molecule has 2 aromatic rings. The van der Waals surface area contributed by atoms with E-state index in [2.05, 4.69) is 20.9 Å². The summed E-state index contributed by atoms with van der Waals surface area (Å²) in [5.74, 6) is 4.98. The van der Waals surface area contributed by atoms with E-state index in [0.717, 1.165) is 0 Å². The summed E-state index contributed by atoms with van der Waals surface area (Å²) in [6.45, 7) is 0. The highest BCUT2D eigenvalue weighted by atomic mass is 35.5. The number of hydrogen-bond acceptors (Lipinski definition) is 5. The van der Waals surface area contributed by atoms with Crippen LogP contribution in [0.3, 0.4) is 0 Å². The standard InChI is InChI=1S/C11H8Cl3N5O/c12-5-3-6(13)10(7(14)4-5)16-11(20)8-1-2-9(17-15)19-18-8/h1-4H,15H2,(H,16,20)(H,17,19). The van der Waals surface area contributed by atoms with Crippen LogP contribution < -0.4 is 16.6 Å². The van der Waals surface area contributed by atoms with E-state index in [0.29, 0.717) is 10.8 Å².